The van der Waals surface area contributed by atoms with Crippen molar-refractivity contribution in [3.63, 3.8) is 0 Å². The van der Waals surface area contributed by atoms with Crippen LogP contribution in [0.1, 0.15) is 35.8 Å². The molecule has 0 amide bonds. The Labute approximate surface area is 198 Å². The van der Waals surface area contributed by atoms with Crippen molar-refractivity contribution in [3.8, 4) is 6.07 Å². The molecule has 5 rings (SSSR count). The summed E-state index contributed by atoms with van der Waals surface area (Å²) in [7, 11) is 0. The number of benzene rings is 2. The van der Waals surface area contributed by atoms with E-state index >= 15 is 0 Å². The van der Waals surface area contributed by atoms with E-state index in [1.807, 2.05) is 35.3 Å². The van der Waals surface area contributed by atoms with Gasteiger partial charge in [0, 0.05) is 35.8 Å². The summed E-state index contributed by atoms with van der Waals surface area (Å²) in [5, 5.41) is 14.8. The summed E-state index contributed by atoms with van der Waals surface area (Å²) < 4.78 is 5.54. The van der Waals surface area contributed by atoms with Crippen molar-refractivity contribution in [1.29, 1.82) is 5.26 Å². The van der Waals surface area contributed by atoms with Gasteiger partial charge in [-0.05, 0) is 35.6 Å². The van der Waals surface area contributed by atoms with Crippen molar-refractivity contribution in [1.82, 2.24) is 10.0 Å². The zero-order chi connectivity index (χ0) is 22.9. The molecule has 0 radical (unpaired) electrons. The van der Waals surface area contributed by atoms with E-state index in [-0.39, 0.29) is 11.7 Å². The summed E-state index contributed by atoms with van der Waals surface area (Å²) in [6, 6.07) is 19.8. The number of ether oxygens (including phenoxy) is 1. The Morgan fingerprint density at radius 2 is 1.70 bits per heavy atom. The molecule has 0 bridgehead atoms. The van der Waals surface area contributed by atoms with E-state index in [1.165, 1.54) is 0 Å². The number of carbonyl (C=O) groups excluding carboxylic acids is 1. The van der Waals surface area contributed by atoms with Gasteiger partial charge >= 0.3 is 0 Å². The molecule has 2 aliphatic heterocycles. The van der Waals surface area contributed by atoms with Gasteiger partial charge in [-0.2, -0.15) is 5.26 Å². The van der Waals surface area contributed by atoms with Crippen LogP contribution in [-0.2, 0) is 9.53 Å². The van der Waals surface area contributed by atoms with E-state index < -0.39 is 5.92 Å². The summed E-state index contributed by atoms with van der Waals surface area (Å²) in [6.45, 7) is 2.44. The summed E-state index contributed by atoms with van der Waals surface area (Å²) in [5.41, 5.74) is 10.6. The Morgan fingerprint density at radius 3 is 2.36 bits per heavy atom. The molecular weight excluding hydrogens is 436 g/mol. The van der Waals surface area contributed by atoms with Crippen LogP contribution in [0.4, 0.5) is 0 Å². The molecule has 0 saturated carbocycles. The van der Waals surface area contributed by atoms with E-state index in [9.17, 15) is 10.1 Å². The van der Waals surface area contributed by atoms with Gasteiger partial charge in [-0.1, -0.05) is 54.1 Å². The Morgan fingerprint density at radius 1 is 1.00 bits per heavy atom. The van der Waals surface area contributed by atoms with Crippen molar-refractivity contribution in [2.45, 2.75) is 24.7 Å². The van der Waals surface area contributed by atoms with Crippen molar-refractivity contribution in [3.05, 3.63) is 93.4 Å². The second-order valence-electron chi connectivity index (χ2n) is 8.57. The molecule has 2 heterocycles. The smallest absolute Gasteiger partial charge is 0.162 e. The lowest BCUT2D eigenvalue weighted by Crippen LogP contribution is -2.52. The SMILES string of the molecule is N#CC1=C(N)N(N2CCOCC2)C2=C(C(=O)C[C@H](c3ccccc3)C2)[C@H]1c1ccc(Cl)cc1. The maximum Gasteiger partial charge on any atom is 0.162 e. The van der Waals surface area contributed by atoms with Gasteiger partial charge in [-0.25, -0.2) is 5.01 Å². The lowest BCUT2D eigenvalue weighted by Gasteiger charge is -2.47. The molecule has 2 atom stereocenters. The Balaban J connectivity index is 1.66. The molecule has 7 heteroatoms. The molecule has 1 aliphatic carbocycles. The quantitative estimate of drug-likeness (QED) is 0.743. The largest absolute Gasteiger partial charge is 0.383 e. The third kappa shape index (κ3) is 3.93. The van der Waals surface area contributed by atoms with Crippen LogP contribution in [0, 0.1) is 11.3 Å². The zero-order valence-electron chi connectivity index (χ0n) is 18.2. The number of nitrogens with two attached hydrogens (primary N) is 1. The van der Waals surface area contributed by atoms with Gasteiger partial charge in [0.15, 0.2) is 5.78 Å². The fourth-order valence-corrected chi connectivity index (χ4v) is 5.26. The number of nitrogens with zero attached hydrogens (tertiary/aromatic N) is 3. The Hall–Kier alpha value is -3.11. The topological polar surface area (TPSA) is 82.6 Å². The number of allylic oxidation sites excluding steroid dienone is 3. The maximum atomic E-state index is 13.7. The van der Waals surface area contributed by atoms with E-state index in [4.69, 9.17) is 22.1 Å². The number of rotatable bonds is 3. The molecule has 6 nitrogen and oxygen atoms in total. The Kier molecular flexibility index (Phi) is 5.94. The van der Waals surface area contributed by atoms with Crippen LogP contribution in [0.5, 0.6) is 0 Å². The highest BCUT2D eigenvalue weighted by Gasteiger charge is 2.44. The lowest BCUT2D eigenvalue weighted by molar-refractivity contribution is -0.117. The number of hydrazine groups is 1. The van der Waals surface area contributed by atoms with Gasteiger partial charge < -0.3 is 10.5 Å². The molecule has 33 heavy (non-hydrogen) atoms. The highest BCUT2D eigenvalue weighted by Crippen LogP contribution is 2.48. The van der Waals surface area contributed by atoms with Gasteiger partial charge in [0.2, 0.25) is 0 Å². The molecule has 1 saturated heterocycles. The molecule has 0 unspecified atom stereocenters. The normalized spacial score (nSPS) is 24.0. The summed E-state index contributed by atoms with van der Waals surface area (Å²) in [5.74, 6) is 0.00949. The zero-order valence-corrected chi connectivity index (χ0v) is 19.0. The molecular formula is C26H25ClN4O2. The first-order chi connectivity index (χ1) is 16.1. The van der Waals surface area contributed by atoms with Crippen molar-refractivity contribution in [2.24, 2.45) is 5.73 Å². The average Bonchev–Trinajstić information content (AvgIpc) is 2.85. The van der Waals surface area contributed by atoms with Crippen LogP contribution >= 0.6 is 11.6 Å². The Bertz CT molecular complexity index is 1160. The maximum absolute atomic E-state index is 13.7. The van der Waals surface area contributed by atoms with Crippen molar-refractivity contribution in [2.75, 3.05) is 26.3 Å². The first-order valence-corrected chi connectivity index (χ1v) is 11.6. The molecule has 3 aliphatic rings. The van der Waals surface area contributed by atoms with Gasteiger partial charge in [0.1, 0.15) is 5.82 Å². The van der Waals surface area contributed by atoms with Gasteiger partial charge in [-0.3, -0.25) is 9.80 Å². The number of nitriles is 1. The minimum absolute atomic E-state index is 0.0586. The summed E-state index contributed by atoms with van der Waals surface area (Å²) >= 11 is 6.12. The predicted octanol–water partition coefficient (Wildman–Crippen LogP) is 4.08. The van der Waals surface area contributed by atoms with Crippen LogP contribution in [0.15, 0.2) is 77.3 Å². The van der Waals surface area contributed by atoms with Gasteiger partial charge in [0.25, 0.3) is 0 Å². The molecule has 168 valence electrons. The highest BCUT2D eigenvalue weighted by atomic mass is 35.5. The minimum Gasteiger partial charge on any atom is -0.383 e. The summed E-state index contributed by atoms with van der Waals surface area (Å²) in [4.78, 5) is 13.7. The highest BCUT2D eigenvalue weighted by molar-refractivity contribution is 6.30. The first kappa shape index (κ1) is 21.7. The van der Waals surface area contributed by atoms with E-state index in [2.05, 4.69) is 23.2 Å². The van der Waals surface area contributed by atoms with Crippen molar-refractivity contribution >= 4 is 17.4 Å². The standard InChI is InChI=1S/C26H25ClN4O2/c27-20-8-6-18(7-9-20)24-21(16-28)26(29)31(30-10-12-33-13-11-30)22-14-19(15-23(32)25(22)24)17-4-2-1-3-5-17/h1-9,19,24H,10-15,29H2/t19-,24+/m1/s1. The number of morpholine rings is 1. The second kappa shape index (κ2) is 9.03. The number of carbonyl (C=O) groups is 1. The number of hydrogen-bond donors (Lipinski definition) is 1. The van der Waals surface area contributed by atoms with E-state index in [0.717, 1.165) is 16.8 Å². The molecule has 2 aromatic rings. The third-order valence-electron chi connectivity index (χ3n) is 6.69. The predicted molar refractivity (Wildman–Crippen MR) is 126 cm³/mol. The lowest BCUT2D eigenvalue weighted by atomic mass is 9.72. The second-order valence-corrected chi connectivity index (χ2v) is 9.01. The molecule has 2 N–H and O–H groups in total. The fraction of sp³-hybridized carbons (Fsp3) is 0.308. The van der Waals surface area contributed by atoms with Crippen LogP contribution in [-0.4, -0.2) is 42.1 Å². The molecule has 2 aromatic carbocycles. The first-order valence-electron chi connectivity index (χ1n) is 11.2. The van der Waals surface area contributed by atoms with Crippen molar-refractivity contribution < 1.29 is 9.53 Å². The number of halogens is 1. The van der Waals surface area contributed by atoms with Gasteiger partial charge in [-0.15, -0.1) is 0 Å². The van der Waals surface area contributed by atoms with E-state index in [1.54, 1.807) is 12.1 Å². The third-order valence-corrected chi connectivity index (χ3v) is 6.94. The van der Waals surface area contributed by atoms with Crippen LogP contribution in [0.25, 0.3) is 0 Å². The summed E-state index contributed by atoms with van der Waals surface area (Å²) in [6.07, 6.45) is 1.08. The molecule has 0 spiro atoms. The monoisotopic (exact) mass is 460 g/mol. The fourth-order valence-electron chi connectivity index (χ4n) is 5.14. The van der Waals surface area contributed by atoms with Crippen LogP contribution < -0.4 is 5.73 Å². The average molecular weight is 461 g/mol. The number of Topliss-reactive ketones (excluding diaryl/α,β-unsaturated/α-hetero) is 1. The minimum atomic E-state index is -0.496. The van der Waals surface area contributed by atoms with Gasteiger partial charge in [0.05, 0.1) is 30.8 Å². The van der Waals surface area contributed by atoms with E-state index in [0.29, 0.717) is 61.1 Å². The number of hydrogen-bond acceptors (Lipinski definition) is 6. The molecule has 1 fully saturated rings. The number of ketones is 1. The van der Waals surface area contributed by atoms with Crippen LogP contribution in [0.3, 0.4) is 0 Å². The molecule has 0 aromatic heterocycles. The van der Waals surface area contributed by atoms with Crippen LogP contribution in [0.2, 0.25) is 5.02 Å².